The van der Waals surface area contributed by atoms with Crippen molar-refractivity contribution >= 4 is 10.0 Å². The van der Waals surface area contributed by atoms with Crippen molar-refractivity contribution in [2.45, 2.75) is 56.6 Å². The number of rotatable bonds is 7. The molecule has 1 aromatic heterocycles. The van der Waals surface area contributed by atoms with Gasteiger partial charge in [0.15, 0.2) is 0 Å². The molecule has 2 aromatic rings. The van der Waals surface area contributed by atoms with Gasteiger partial charge in [-0.1, -0.05) is 13.3 Å². The van der Waals surface area contributed by atoms with Gasteiger partial charge in [0.25, 0.3) is 0 Å². The molecule has 1 fully saturated rings. The predicted octanol–water partition coefficient (Wildman–Crippen LogP) is 3.97. The van der Waals surface area contributed by atoms with Gasteiger partial charge >= 0.3 is 6.18 Å². The first kappa shape index (κ1) is 19.9. The van der Waals surface area contributed by atoms with Crippen LogP contribution in [-0.2, 0) is 29.2 Å². The van der Waals surface area contributed by atoms with E-state index < -0.39 is 21.8 Å². The average molecular weight is 401 g/mol. The van der Waals surface area contributed by atoms with Crippen molar-refractivity contribution in [2.24, 2.45) is 11.1 Å². The second kappa shape index (κ2) is 7.27. The largest absolute Gasteiger partial charge is 0.416 e. The summed E-state index contributed by atoms with van der Waals surface area (Å²) in [5.41, 5.74) is -0.441. The minimum absolute atomic E-state index is 0.00781. The number of hydrogen-bond acceptors (Lipinski definition) is 3. The van der Waals surface area contributed by atoms with E-state index in [2.05, 4.69) is 5.10 Å². The lowest BCUT2D eigenvalue weighted by Gasteiger charge is -2.19. The number of nitrogens with zero attached hydrogens (tertiary/aromatic N) is 2. The number of halogens is 3. The Morgan fingerprint density at radius 2 is 2.00 bits per heavy atom. The predicted molar refractivity (Wildman–Crippen MR) is 95.4 cm³/mol. The summed E-state index contributed by atoms with van der Waals surface area (Å²) in [5, 5.41) is 9.50. The molecular weight excluding hydrogens is 379 g/mol. The van der Waals surface area contributed by atoms with Crippen LogP contribution in [0.4, 0.5) is 13.2 Å². The maximum Gasteiger partial charge on any atom is 0.416 e. The molecule has 27 heavy (non-hydrogen) atoms. The normalized spacial score (nSPS) is 15.3. The summed E-state index contributed by atoms with van der Waals surface area (Å²) in [6.07, 6.45) is 2.08. The Balaban J connectivity index is 2.22. The highest BCUT2D eigenvalue weighted by molar-refractivity contribution is 7.89. The van der Waals surface area contributed by atoms with Crippen LogP contribution in [0.25, 0.3) is 11.1 Å². The molecule has 1 saturated carbocycles. The molecule has 0 aliphatic heterocycles. The molecule has 2 N–H and O–H groups in total. The van der Waals surface area contributed by atoms with E-state index in [1.165, 1.54) is 6.20 Å². The fourth-order valence-corrected chi connectivity index (χ4v) is 3.99. The lowest BCUT2D eigenvalue weighted by molar-refractivity contribution is -0.138. The molecule has 1 heterocycles. The summed E-state index contributed by atoms with van der Waals surface area (Å²) in [7, 11) is -4.19. The quantitative estimate of drug-likeness (QED) is 0.763. The Morgan fingerprint density at radius 1 is 1.30 bits per heavy atom. The summed E-state index contributed by atoms with van der Waals surface area (Å²) >= 11 is 0. The molecule has 9 heteroatoms. The van der Waals surface area contributed by atoms with Crippen molar-refractivity contribution in [1.82, 2.24) is 9.78 Å². The van der Waals surface area contributed by atoms with Crippen molar-refractivity contribution in [3.8, 4) is 11.1 Å². The van der Waals surface area contributed by atoms with E-state index in [4.69, 9.17) is 5.14 Å². The first-order valence-corrected chi connectivity index (χ1v) is 10.4. The molecule has 0 bridgehead atoms. The highest BCUT2D eigenvalue weighted by Crippen LogP contribution is 2.44. The van der Waals surface area contributed by atoms with Crippen LogP contribution in [0.2, 0.25) is 0 Å². The second-order valence-electron chi connectivity index (χ2n) is 7.00. The number of alkyl halides is 3. The average Bonchev–Trinajstić information content (AvgIpc) is 3.25. The number of benzene rings is 1. The first-order chi connectivity index (χ1) is 12.6. The van der Waals surface area contributed by atoms with Crippen LogP contribution >= 0.6 is 0 Å². The smallest absolute Gasteiger partial charge is 0.272 e. The van der Waals surface area contributed by atoms with Gasteiger partial charge in [-0.3, -0.25) is 4.68 Å². The Labute approximate surface area is 156 Å². The van der Waals surface area contributed by atoms with E-state index in [-0.39, 0.29) is 28.4 Å². The zero-order valence-corrected chi connectivity index (χ0v) is 15.8. The molecule has 0 saturated heterocycles. The summed E-state index contributed by atoms with van der Waals surface area (Å²) < 4.78 is 66.6. The molecule has 0 atom stereocenters. The summed E-state index contributed by atoms with van der Waals surface area (Å²) in [4.78, 5) is -0.291. The van der Waals surface area contributed by atoms with Crippen molar-refractivity contribution < 1.29 is 21.6 Å². The minimum atomic E-state index is -4.58. The van der Waals surface area contributed by atoms with E-state index in [1.807, 2.05) is 6.92 Å². The number of aromatic nitrogens is 2. The van der Waals surface area contributed by atoms with Crippen LogP contribution in [-0.4, -0.2) is 18.2 Å². The first-order valence-electron chi connectivity index (χ1n) is 8.90. The van der Waals surface area contributed by atoms with Gasteiger partial charge in [-0.25, -0.2) is 13.6 Å². The second-order valence-corrected chi connectivity index (χ2v) is 8.53. The molecule has 3 rings (SSSR count). The molecule has 0 spiro atoms. The lowest BCUT2D eigenvalue weighted by Crippen LogP contribution is -2.18. The number of aryl methyl sites for hydroxylation is 1. The third kappa shape index (κ3) is 4.52. The van der Waals surface area contributed by atoms with Gasteiger partial charge in [-0.15, -0.1) is 0 Å². The molecule has 0 unspecified atom stereocenters. The molecule has 1 aliphatic carbocycles. The Kier molecular flexibility index (Phi) is 5.36. The van der Waals surface area contributed by atoms with Crippen LogP contribution in [0.15, 0.2) is 29.4 Å². The maximum absolute atomic E-state index is 13.6. The van der Waals surface area contributed by atoms with Crippen LogP contribution in [0.5, 0.6) is 0 Å². The summed E-state index contributed by atoms with van der Waals surface area (Å²) in [6.45, 7) is 2.63. The highest BCUT2D eigenvalue weighted by atomic mass is 32.2. The molecule has 0 amide bonds. The number of nitrogens with two attached hydrogens (primary N) is 1. The molecule has 5 nitrogen and oxygen atoms in total. The van der Waals surface area contributed by atoms with Gasteiger partial charge in [0.05, 0.1) is 16.7 Å². The zero-order chi connectivity index (χ0) is 19.8. The fraction of sp³-hybridized carbons (Fsp3) is 0.500. The van der Waals surface area contributed by atoms with Crippen LogP contribution in [0, 0.1) is 5.92 Å². The summed E-state index contributed by atoms with van der Waals surface area (Å²) in [6, 6.07) is 1.77. The van der Waals surface area contributed by atoms with Gasteiger partial charge < -0.3 is 0 Å². The fourth-order valence-electron chi connectivity index (χ4n) is 3.20. The van der Waals surface area contributed by atoms with Gasteiger partial charge in [0.1, 0.15) is 0 Å². The topological polar surface area (TPSA) is 78.0 Å². The van der Waals surface area contributed by atoms with Gasteiger partial charge in [-0.2, -0.15) is 18.3 Å². The number of hydrogen-bond donors (Lipinski definition) is 1. The maximum atomic E-state index is 13.6. The molecular formula is C18H22F3N3O2S. The van der Waals surface area contributed by atoms with Gasteiger partial charge in [-0.05, 0) is 49.3 Å². The standard InChI is InChI=1S/C18H22F3N3O2S/c1-2-3-8-24-11-13(10-23-24)17-14(9-12-4-5-12)15(18(19,20)21)6-7-16(17)27(22,25)26/h6-7,10-12H,2-5,8-9H2,1H3,(H2,22,25,26). The van der Waals surface area contributed by atoms with E-state index in [1.54, 1.807) is 10.9 Å². The van der Waals surface area contributed by atoms with E-state index in [0.29, 0.717) is 12.1 Å². The molecule has 0 radical (unpaired) electrons. The summed E-state index contributed by atoms with van der Waals surface area (Å²) in [5.74, 6) is 0.135. The number of unbranched alkanes of at least 4 members (excludes halogenated alkanes) is 1. The van der Waals surface area contributed by atoms with Gasteiger partial charge in [0.2, 0.25) is 10.0 Å². The highest BCUT2D eigenvalue weighted by Gasteiger charge is 2.38. The monoisotopic (exact) mass is 401 g/mol. The van der Waals surface area contributed by atoms with Crippen molar-refractivity contribution in [3.05, 3.63) is 35.7 Å². The number of sulfonamides is 1. The third-order valence-corrected chi connectivity index (χ3v) is 5.69. The SMILES string of the molecule is CCCCn1cc(-c2c(S(N)(=O)=O)ccc(C(F)(F)F)c2CC2CC2)cn1. The third-order valence-electron chi connectivity index (χ3n) is 4.74. The van der Waals surface area contributed by atoms with E-state index in [0.717, 1.165) is 37.8 Å². The zero-order valence-electron chi connectivity index (χ0n) is 15.0. The van der Waals surface area contributed by atoms with Crippen molar-refractivity contribution in [3.63, 3.8) is 0 Å². The van der Waals surface area contributed by atoms with E-state index in [9.17, 15) is 21.6 Å². The van der Waals surface area contributed by atoms with Crippen molar-refractivity contribution in [2.75, 3.05) is 0 Å². The minimum Gasteiger partial charge on any atom is -0.272 e. The molecule has 1 aromatic carbocycles. The van der Waals surface area contributed by atoms with Crippen LogP contribution in [0.1, 0.15) is 43.7 Å². The van der Waals surface area contributed by atoms with E-state index >= 15 is 0 Å². The Hall–Kier alpha value is -1.87. The lowest BCUT2D eigenvalue weighted by atomic mass is 9.92. The van der Waals surface area contributed by atoms with Gasteiger partial charge in [0, 0.05) is 23.9 Å². The molecule has 148 valence electrons. The Morgan fingerprint density at radius 3 is 2.56 bits per heavy atom. The van der Waals surface area contributed by atoms with Crippen LogP contribution < -0.4 is 5.14 Å². The molecule has 1 aliphatic rings. The Bertz CT molecular complexity index is 932. The van der Waals surface area contributed by atoms with Crippen LogP contribution in [0.3, 0.4) is 0 Å². The number of primary sulfonamides is 1. The van der Waals surface area contributed by atoms with Crippen molar-refractivity contribution in [1.29, 1.82) is 0 Å².